The highest BCUT2D eigenvalue weighted by atomic mass is 32.1. The maximum absolute atomic E-state index is 12.5. The summed E-state index contributed by atoms with van der Waals surface area (Å²) < 4.78 is 37.5. The van der Waals surface area contributed by atoms with E-state index in [1.54, 1.807) is 0 Å². The second-order valence-electron chi connectivity index (χ2n) is 4.07. The lowest BCUT2D eigenvalue weighted by molar-refractivity contribution is -0.141. The van der Waals surface area contributed by atoms with Crippen LogP contribution >= 0.6 is 11.3 Å². The van der Waals surface area contributed by atoms with Gasteiger partial charge in [-0.25, -0.2) is 4.98 Å². The highest BCUT2D eigenvalue weighted by Gasteiger charge is 2.36. The molecule has 1 fully saturated rings. The van der Waals surface area contributed by atoms with Crippen LogP contribution in [0.4, 0.5) is 13.2 Å². The first kappa shape index (κ1) is 11.9. The summed E-state index contributed by atoms with van der Waals surface area (Å²) in [6, 6.07) is 0. The van der Waals surface area contributed by atoms with Gasteiger partial charge in [0.1, 0.15) is 0 Å². The molecule has 16 heavy (non-hydrogen) atoms. The minimum absolute atomic E-state index is 0.272. The van der Waals surface area contributed by atoms with Gasteiger partial charge in [-0.05, 0) is 32.4 Å². The van der Waals surface area contributed by atoms with Gasteiger partial charge in [-0.1, -0.05) is 0 Å². The zero-order valence-electron chi connectivity index (χ0n) is 8.90. The molecule has 1 unspecified atom stereocenters. The van der Waals surface area contributed by atoms with Crippen LogP contribution in [0, 0.1) is 12.8 Å². The average Bonchev–Trinajstić information content (AvgIpc) is 2.74. The number of hydrogen-bond donors (Lipinski definition) is 1. The molecule has 2 rings (SSSR count). The number of halogens is 3. The summed E-state index contributed by atoms with van der Waals surface area (Å²) in [5, 5.41) is 3.81. The van der Waals surface area contributed by atoms with E-state index in [9.17, 15) is 13.2 Å². The summed E-state index contributed by atoms with van der Waals surface area (Å²) in [7, 11) is 0. The molecule has 1 aromatic rings. The molecule has 0 aromatic carbocycles. The van der Waals surface area contributed by atoms with Gasteiger partial charge in [0.25, 0.3) is 0 Å². The van der Waals surface area contributed by atoms with E-state index in [1.165, 1.54) is 18.3 Å². The molecule has 0 spiro atoms. The molecule has 2 heterocycles. The number of hydrogen-bond acceptors (Lipinski definition) is 3. The molecule has 0 aliphatic carbocycles. The van der Waals surface area contributed by atoms with Crippen molar-refractivity contribution < 1.29 is 13.2 Å². The largest absolute Gasteiger partial charge is 0.434 e. The number of thiazole rings is 1. The Balaban J connectivity index is 2.11. The highest BCUT2D eigenvalue weighted by molar-refractivity contribution is 7.11. The zero-order chi connectivity index (χ0) is 11.8. The molecular formula is C10H13F3N2S. The zero-order valence-corrected chi connectivity index (χ0v) is 9.71. The fraction of sp³-hybridized carbons (Fsp3) is 0.700. The summed E-state index contributed by atoms with van der Waals surface area (Å²) in [6.07, 6.45) is -2.62. The predicted molar refractivity (Wildman–Crippen MR) is 56.5 cm³/mol. The molecule has 2 nitrogen and oxygen atoms in total. The number of aryl methyl sites for hydroxylation is 1. The number of nitrogens with one attached hydrogen (secondary N) is 1. The number of aromatic nitrogens is 1. The lowest BCUT2D eigenvalue weighted by atomic mass is 10.1. The van der Waals surface area contributed by atoms with Crippen LogP contribution in [0.3, 0.4) is 0 Å². The molecule has 1 saturated heterocycles. The normalized spacial score (nSPS) is 21.6. The minimum Gasteiger partial charge on any atom is -0.316 e. The summed E-state index contributed by atoms with van der Waals surface area (Å²) in [5.74, 6) is 0.437. The average molecular weight is 250 g/mol. The monoisotopic (exact) mass is 250 g/mol. The first-order chi connectivity index (χ1) is 7.47. The van der Waals surface area contributed by atoms with Gasteiger partial charge >= 0.3 is 6.18 Å². The smallest absolute Gasteiger partial charge is 0.316 e. The Kier molecular flexibility index (Phi) is 3.21. The van der Waals surface area contributed by atoms with Gasteiger partial charge in [0.15, 0.2) is 5.69 Å². The van der Waals surface area contributed by atoms with Crippen molar-refractivity contribution in [1.82, 2.24) is 10.3 Å². The van der Waals surface area contributed by atoms with E-state index < -0.39 is 11.9 Å². The Hall–Kier alpha value is -0.620. The predicted octanol–water partition coefficient (Wildman–Crippen LogP) is 2.62. The fourth-order valence-electron chi connectivity index (χ4n) is 1.94. The van der Waals surface area contributed by atoms with Gasteiger partial charge in [0.05, 0.1) is 5.01 Å². The second-order valence-corrected chi connectivity index (χ2v) is 5.36. The third-order valence-electron chi connectivity index (χ3n) is 2.74. The van der Waals surface area contributed by atoms with Gasteiger partial charge in [-0.2, -0.15) is 13.2 Å². The molecule has 0 amide bonds. The van der Waals surface area contributed by atoms with Crippen molar-refractivity contribution in [2.75, 3.05) is 13.1 Å². The lowest BCUT2D eigenvalue weighted by Crippen LogP contribution is -2.11. The molecule has 1 aliphatic rings. The van der Waals surface area contributed by atoms with Crippen molar-refractivity contribution in [2.24, 2.45) is 5.92 Å². The van der Waals surface area contributed by atoms with Crippen LogP contribution in [-0.4, -0.2) is 18.1 Å². The van der Waals surface area contributed by atoms with Crippen molar-refractivity contribution >= 4 is 11.3 Å². The van der Waals surface area contributed by atoms with Crippen LogP contribution in [0.1, 0.15) is 22.0 Å². The second kappa shape index (κ2) is 4.33. The van der Waals surface area contributed by atoms with Gasteiger partial charge in [0, 0.05) is 11.3 Å². The van der Waals surface area contributed by atoms with Crippen LogP contribution in [0.2, 0.25) is 0 Å². The Morgan fingerprint density at radius 2 is 2.25 bits per heavy atom. The fourth-order valence-corrected chi connectivity index (χ4v) is 3.00. The summed E-state index contributed by atoms with van der Waals surface area (Å²) >= 11 is 1.17. The Morgan fingerprint density at radius 3 is 2.75 bits per heavy atom. The van der Waals surface area contributed by atoms with Crippen molar-refractivity contribution in [3.8, 4) is 0 Å². The molecule has 6 heteroatoms. The molecule has 0 bridgehead atoms. The first-order valence-electron chi connectivity index (χ1n) is 5.21. The first-order valence-corrected chi connectivity index (χ1v) is 6.02. The van der Waals surface area contributed by atoms with Gasteiger partial charge in [-0.15, -0.1) is 11.3 Å². The Labute approximate surface area is 95.9 Å². The van der Waals surface area contributed by atoms with E-state index in [4.69, 9.17) is 0 Å². The van der Waals surface area contributed by atoms with Crippen LogP contribution in [-0.2, 0) is 12.6 Å². The molecule has 0 saturated carbocycles. The molecule has 1 atom stereocenters. The van der Waals surface area contributed by atoms with E-state index in [1.807, 2.05) is 0 Å². The third-order valence-corrected chi connectivity index (χ3v) is 3.73. The lowest BCUT2D eigenvalue weighted by Gasteiger charge is -2.04. The van der Waals surface area contributed by atoms with Crippen molar-refractivity contribution in [3.05, 3.63) is 15.6 Å². The van der Waals surface area contributed by atoms with Crippen LogP contribution in [0.25, 0.3) is 0 Å². The van der Waals surface area contributed by atoms with E-state index >= 15 is 0 Å². The van der Waals surface area contributed by atoms with Gasteiger partial charge in [-0.3, -0.25) is 0 Å². The van der Waals surface area contributed by atoms with Crippen molar-refractivity contribution in [3.63, 3.8) is 0 Å². The summed E-state index contributed by atoms with van der Waals surface area (Å²) in [4.78, 5) is 3.98. The maximum atomic E-state index is 12.5. The van der Waals surface area contributed by atoms with Gasteiger partial charge < -0.3 is 5.32 Å². The van der Waals surface area contributed by atoms with E-state index in [0.717, 1.165) is 19.5 Å². The molecule has 0 radical (unpaired) electrons. The Morgan fingerprint density at radius 1 is 1.50 bits per heavy atom. The summed E-state index contributed by atoms with van der Waals surface area (Å²) in [5.41, 5.74) is -0.710. The standard InChI is InChI=1S/C10H13F3N2S/c1-6-9(10(11,12)13)15-8(16-6)4-7-2-3-14-5-7/h7,14H,2-5H2,1H3. The van der Waals surface area contributed by atoms with Crippen LogP contribution < -0.4 is 5.32 Å². The topological polar surface area (TPSA) is 24.9 Å². The molecule has 90 valence electrons. The molecule has 1 N–H and O–H groups in total. The Bertz CT molecular complexity index is 367. The molecule has 1 aliphatic heterocycles. The van der Waals surface area contributed by atoms with Gasteiger partial charge in [0.2, 0.25) is 0 Å². The number of rotatable bonds is 2. The highest BCUT2D eigenvalue weighted by Crippen LogP contribution is 2.34. The summed E-state index contributed by atoms with van der Waals surface area (Å²) in [6.45, 7) is 3.33. The third kappa shape index (κ3) is 2.55. The van der Waals surface area contributed by atoms with Crippen molar-refractivity contribution in [1.29, 1.82) is 0 Å². The van der Waals surface area contributed by atoms with Crippen LogP contribution in [0.5, 0.6) is 0 Å². The number of nitrogens with zero attached hydrogens (tertiary/aromatic N) is 1. The quantitative estimate of drug-likeness (QED) is 0.872. The molecular weight excluding hydrogens is 237 g/mol. The van der Waals surface area contributed by atoms with E-state index in [0.29, 0.717) is 17.3 Å². The van der Waals surface area contributed by atoms with E-state index in [-0.39, 0.29) is 4.88 Å². The SMILES string of the molecule is Cc1sc(CC2CCNC2)nc1C(F)(F)F. The number of alkyl halides is 3. The van der Waals surface area contributed by atoms with Crippen molar-refractivity contribution in [2.45, 2.75) is 25.9 Å². The molecule has 1 aromatic heterocycles. The maximum Gasteiger partial charge on any atom is 0.434 e. The minimum atomic E-state index is -4.31. The van der Waals surface area contributed by atoms with E-state index in [2.05, 4.69) is 10.3 Å². The van der Waals surface area contributed by atoms with Crippen LogP contribution in [0.15, 0.2) is 0 Å².